The molecule has 1 saturated heterocycles. The van der Waals surface area contributed by atoms with E-state index in [0.717, 1.165) is 25.0 Å². The van der Waals surface area contributed by atoms with E-state index < -0.39 is 5.41 Å². The van der Waals surface area contributed by atoms with Crippen LogP contribution in [-0.4, -0.2) is 13.2 Å². The van der Waals surface area contributed by atoms with Crippen LogP contribution in [0.15, 0.2) is 24.3 Å². The van der Waals surface area contributed by atoms with Gasteiger partial charge in [0, 0.05) is 11.6 Å². The quantitative estimate of drug-likeness (QED) is 0.731. The third-order valence-corrected chi connectivity index (χ3v) is 3.10. The molecule has 3 heteroatoms. The number of nitrogens with zero attached hydrogens (tertiary/aromatic N) is 1. The number of halogens is 1. The van der Waals surface area contributed by atoms with E-state index in [9.17, 15) is 5.26 Å². The van der Waals surface area contributed by atoms with Crippen molar-refractivity contribution < 1.29 is 4.74 Å². The van der Waals surface area contributed by atoms with Crippen LogP contribution < -0.4 is 0 Å². The summed E-state index contributed by atoms with van der Waals surface area (Å²) in [4.78, 5) is 0. The Morgan fingerprint density at radius 2 is 2.07 bits per heavy atom. The van der Waals surface area contributed by atoms with Gasteiger partial charge < -0.3 is 4.74 Å². The van der Waals surface area contributed by atoms with Crippen LogP contribution in [0.1, 0.15) is 18.4 Å². The lowest BCUT2D eigenvalue weighted by atomic mass is 9.78. The molecule has 0 N–H and O–H groups in total. The first kappa shape index (κ1) is 10.5. The lowest BCUT2D eigenvalue weighted by Gasteiger charge is -2.30. The summed E-state index contributed by atoms with van der Waals surface area (Å²) in [6.45, 7) is 1.25. The van der Waals surface area contributed by atoms with Gasteiger partial charge in [-0.1, -0.05) is 23.7 Å². The molecular formula is C12H12ClNO. The van der Waals surface area contributed by atoms with E-state index in [4.69, 9.17) is 16.3 Å². The van der Waals surface area contributed by atoms with E-state index in [1.807, 2.05) is 24.3 Å². The molecule has 78 valence electrons. The number of hydrogen-bond donors (Lipinski definition) is 0. The molecule has 1 aliphatic rings. The predicted octanol–water partition coefficient (Wildman–Crippen LogP) is 2.91. The van der Waals surface area contributed by atoms with Crippen molar-refractivity contribution >= 4 is 11.6 Å². The van der Waals surface area contributed by atoms with Gasteiger partial charge in [0.05, 0.1) is 12.7 Å². The Balaban J connectivity index is 2.33. The molecule has 1 atom stereocenters. The van der Waals surface area contributed by atoms with Crippen molar-refractivity contribution in [2.24, 2.45) is 0 Å². The first-order valence-electron chi connectivity index (χ1n) is 5.02. The average molecular weight is 222 g/mol. The topological polar surface area (TPSA) is 33.0 Å². The van der Waals surface area contributed by atoms with Gasteiger partial charge >= 0.3 is 0 Å². The maximum atomic E-state index is 9.30. The molecule has 1 heterocycles. The van der Waals surface area contributed by atoms with Gasteiger partial charge in [-0.05, 0) is 30.5 Å². The first-order chi connectivity index (χ1) is 7.27. The van der Waals surface area contributed by atoms with Gasteiger partial charge in [-0.2, -0.15) is 5.26 Å². The summed E-state index contributed by atoms with van der Waals surface area (Å²) < 4.78 is 5.41. The summed E-state index contributed by atoms with van der Waals surface area (Å²) >= 11 is 5.83. The van der Waals surface area contributed by atoms with Crippen LogP contribution in [-0.2, 0) is 10.2 Å². The summed E-state index contributed by atoms with van der Waals surface area (Å²) in [5.74, 6) is 0. The number of nitriles is 1. The molecule has 0 amide bonds. The molecule has 15 heavy (non-hydrogen) atoms. The third kappa shape index (κ3) is 1.99. The van der Waals surface area contributed by atoms with Gasteiger partial charge in [-0.15, -0.1) is 0 Å². The number of rotatable bonds is 1. The first-order valence-corrected chi connectivity index (χ1v) is 5.40. The molecule has 1 unspecified atom stereocenters. The zero-order chi connectivity index (χ0) is 10.7. The summed E-state index contributed by atoms with van der Waals surface area (Å²) in [6.07, 6.45) is 1.81. The summed E-state index contributed by atoms with van der Waals surface area (Å²) in [6, 6.07) is 9.87. The van der Waals surface area contributed by atoms with Crippen molar-refractivity contribution in [2.45, 2.75) is 18.3 Å². The normalized spacial score (nSPS) is 25.9. The summed E-state index contributed by atoms with van der Waals surface area (Å²) in [7, 11) is 0. The standard InChI is InChI=1S/C12H12ClNO/c13-11-4-2-10(3-5-11)12(8-14)6-1-7-15-9-12/h2-5H,1,6-7,9H2. The minimum atomic E-state index is -0.469. The van der Waals surface area contributed by atoms with E-state index >= 15 is 0 Å². The van der Waals surface area contributed by atoms with Gasteiger partial charge in [0.15, 0.2) is 0 Å². The second-order valence-corrected chi connectivity index (χ2v) is 4.29. The number of hydrogen-bond acceptors (Lipinski definition) is 2. The minimum Gasteiger partial charge on any atom is -0.379 e. The number of benzene rings is 1. The van der Waals surface area contributed by atoms with E-state index in [0.29, 0.717) is 11.6 Å². The third-order valence-electron chi connectivity index (χ3n) is 2.85. The molecule has 2 nitrogen and oxygen atoms in total. The van der Waals surface area contributed by atoms with E-state index in [-0.39, 0.29) is 0 Å². The Kier molecular flexibility index (Phi) is 2.95. The van der Waals surface area contributed by atoms with Gasteiger partial charge in [-0.3, -0.25) is 0 Å². The van der Waals surface area contributed by atoms with Crippen LogP contribution in [0.2, 0.25) is 5.02 Å². The van der Waals surface area contributed by atoms with Crippen molar-refractivity contribution in [1.82, 2.24) is 0 Å². The molecule has 2 rings (SSSR count). The van der Waals surface area contributed by atoms with Gasteiger partial charge in [-0.25, -0.2) is 0 Å². The molecular weight excluding hydrogens is 210 g/mol. The van der Waals surface area contributed by atoms with Crippen LogP contribution in [0.3, 0.4) is 0 Å². The second kappa shape index (κ2) is 4.22. The van der Waals surface area contributed by atoms with Crippen LogP contribution in [0.5, 0.6) is 0 Å². The highest BCUT2D eigenvalue weighted by molar-refractivity contribution is 6.30. The predicted molar refractivity (Wildman–Crippen MR) is 58.8 cm³/mol. The fourth-order valence-electron chi connectivity index (χ4n) is 1.94. The summed E-state index contributed by atoms with van der Waals surface area (Å²) in [5.41, 5.74) is 0.539. The molecule has 0 aromatic heterocycles. The molecule has 0 aliphatic carbocycles. The highest BCUT2D eigenvalue weighted by atomic mass is 35.5. The monoisotopic (exact) mass is 221 g/mol. The summed E-state index contributed by atoms with van der Waals surface area (Å²) in [5, 5.41) is 10.00. The fourth-order valence-corrected chi connectivity index (χ4v) is 2.07. The Morgan fingerprint density at radius 1 is 1.33 bits per heavy atom. The second-order valence-electron chi connectivity index (χ2n) is 3.86. The number of ether oxygens (including phenoxy) is 1. The van der Waals surface area contributed by atoms with Gasteiger partial charge in [0.25, 0.3) is 0 Å². The Bertz CT molecular complexity index is 374. The average Bonchev–Trinajstić information content (AvgIpc) is 2.31. The molecule has 1 fully saturated rings. The Labute approximate surface area is 94.4 Å². The highest BCUT2D eigenvalue weighted by Crippen LogP contribution is 2.32. The minimum absolute atomic E-state index is 0.469. The molecule has 1 aliphatic heterocycles. The van der Waals surface area contributed by atoms with Crippen LogP contribution in [0.25, 0.3) is 0 Å². The molecule has 0 bridgehead atoms. The fraction of sp³-hybridized carbons (Fsp3) is 0.417. The van der Waals surface area contributed by atoms with E-state index in [2.05, 4.69) is 6.07 Å². The maximum absolute atomic E-state index is 9.30. The van der Waals surface area contributed by atoms with Crippen LogP contribution >= 0.6 is 11.6 Å². The smallest absolute Gasteiger partial charge is 0.106 e. The lowest BCUT2D eigenvalue weighted by molar-refractivity contribution is 0.0563. The highest BCUT2D eigenvalue weighted by Gasteiger charge is 2.34. The molecule has 1 aromatic carbocycles. The zero-order valence-electron chi connectivity index (χ0n) is 8.37. The van der Waals surface area contributed by atoms with Crippen molar-refractivity contribution in [3.05, 3.63) is 34.9 Å². The van der Waals surface area contributed by atoms with Crippen LogP contribution in [0, 0.1) is 11.3 Å². The zero-order valence-corrected chi connectivity index (χ0v) is 9.13. The maximum Gasteiger partial charge on any atom is 0.106 e. The van der Waals surface area contributed by atoms with Crippen molar-refractivity contribution in [1.29, 1.82) is 5.26 Å². The molecule has 0 saturated carbocycles. The van der Waals surface area contributed by atoms with Crippen LogP contribution in [0.4, 0.5) is 0 Å². The van der Waals surface area contributed by atoms with Crippen molar-refractivity contribution in [2.75, 3.05) is 13.2 Å². The Hall–Kier alpha value is -1.04. The van der Waals surface area contributed by atoms with E-state index in [1.165, 1.54) is 0 Å². The largest absolute Gasteiger partial charge is 0.379 e. The molecule has 0 radical (unpaired) electrons. The molecule has 0 spiro atoms. The van der Waals surface area contributed by atoms with E-state index in [1.54, 1.807) is 0 Å². The van der Waals surface area contributed by atoms with Crippen molar-refractivity contribution in [3.8, 4) is 6.07 Å². The lowest BCUT2D eigenvalue weighted by Crippen LogP contribution is -2.34. The van der Waals surface area contributed by atoms with Gasteiger partial charge in [0.1, 0.15) is 5.41 Å². The Morgan fingerprint density at radius 3 is 2.60 bits per heavy atom. The SMILES string of the molecule is N#CC1(c2ccc(Cl)cc2)CCCOC1. The van der Waals surface area contributed by atoms with Crippen molar-refractivity contribution in [3.63, 3.8) is 0 Å². The van der Waals surface area contributed by atoms with Gasteiger partial charge in [0.2, 0.25) is 0 Å². The molecule has 1 aromatic rings.